The molecule has 54 heavy (non-hydrogen) atoms. The van der Waals surface area contributed by atoms with E-state index in [4.69, 9.17) is 0 Å². The lowest BCUT2D eigenvalue weighted by molar-refractivity contribution is -0.136. The number of imide groups is 1. The van der Waals surface area contributed by atoms with Crippen molar-refractivity contribution in [2.24, 2.45) is 5.92 Å². The topological polar surface area (TPSA) is 108 Å². The Labute approximate surface area is 315 Å². The molecule has 3 unspecified atom stereocenters. The van der Waals surface area contributed by atoms with E-state index in [9.17, 15) is 19.5 Å². The van der Waals surface area contributed by atoms with Crippen LogP contribution in [0.2, 0.25) is 0 Å². The van der Waals surface area contributed by atoms with Crippen molar-refractivity contribution < 1.29 is 19.5 Å². The number of rotatable bonds is 8. The largest absolute Gasteiger partial charge is 0.508 e. The Morgan fingerprint density at radius 3 is 2.39 bits per heavy atom. The number of amides is 3. The van der Waals surface area contributed by atoms with E-state index in [0.717, 1.165) is 68.4 Å². The lowest BCUT2D eigenvalue weighted by atomic mass is 9.69. The van der Waals surface area contributed by atoms with Gasteiger partial charge in [0.05, 0.1) is 6.20 Å². The maximum absolute atomic E-state index is 13.1. The molecule has 5 aromatic rings. The highest BCUT2D eigenvalue weighted by atomic mass is 16.3. The third-order valence-electron chi connectivity index (χ3n) is 12.3. The van der Waals surface area contributed by atoms with Crippen LogP contribution in [0.3, 0.4) is 0 Å². The second-order valence-electron chi connectivity index (χ2n) is 15.5. The molecule has 2 saturated heterocycles. The zero-order valence-electron chi connectivity index (χ0n) is 30.4. The summed E-state index contributed by atoms with van der Waals surface area (Å²) < 4.78 is 2.03. The molecule has 0 bridgehead atoms. The van der Waals surface area contributed by atoms with Crippen molar-refractivity contribution in [3.05, 3.63) is 137 Å². The van der Waals surface area contributed by atoms with Gasteiger partial charge in [0.15, 0.2) is 0 Å². The van der Waals surface area contributed by atoms with E-state index in [-0.39, 0.29) is 24.2 Å². The van der Waals surface area contributed by atoms with Crippen LogP contribution in [0.1, 0.15) is 88.5 Å². The first kappa shape index (κ1) is 34.1. The maximum Gasteiger partial charge on any atom is 0.255 e. The standard InChI is InChI=1S/C45H45N5O4/c51-37-12-15-39-33(25-37)9-13-38(30-4-2-1-3-5-30)43(39)31-6-10-36(11-7-31)48-21-18-29(19-22-48)20-23-49-27-35(26-46-49)32-8-14-40-34(24-32)28-50(45(40)54)41-16-17-42(52)47-44(41)53/h1-8,10-12,14-15,24-27,29,38,41,43,51H,9,13,16-23,28H2,(H,47,52,53). The number of aryl methyl sites for hydroxylation is 2. The molecule has 0 spiro atoms. The minimum Gasteiger partial charge on any atom is -0.508 e. The van der Waals surface area contributed by atoms with Gasteiger partial charge in [-0.3, -0.25) is 24.4 Å². The zero-order valence-corrected chi connectivity index (χ0v) is 30.4. The molecular weight excluding hydrogens is 675 g/mol. The number of aromatic hydroxyl groups is 1. The highest BCUT2D eigenvalue weighted by Gasteiger charge is 2.39. The van der Waals surface area contributed by atoms with E-state index in [1.165, 1.54) is 27.9 Å². The fourth-order valence-electron chi connectivity index (χ4n) is 9.35. The van der Waals surface area contributed by atoms with Crippen molar-refractivity contribution in [3.63, 3.8) is 0 Å². The molecule has 3 atom stereocenters. The first-order valence-electron chi connectivity index (χ1n) is 19.4. The summed E-state index contributed by atoms with van der Waals surface area (Å²) in [6, 6.07) is 31.3. The summed E-state index contributed by atoms with van der Waals surface area (Å²) in [7, 11) is 0. The predicted molar refractivity (Wildman–Crippen MR) is 207 cm³/mol. The normalized spacial score (nSPS) is 21.6. The summed E-state index contributed by atoms with van der Waals surface area (Å²) >= 11 is 0. The number of nitrogens with one attached hydrogen (secondary N) is 1. The SMILES string of the molecule is O=C1CCC(N2Cc3cc(-c4cnn(CCC5CCN(c6ccc(C7c8ccc(O)cc8CCC7c7ccccc7)cc6)CC5)c4)ccc3C2=O)C(=O)N1. The van der Waals surface area contributed by atoms with E-state index in [0.29, 0.717) is 36.1 Å². The molecule has 2 fully saturated rings. The second kappa shape index (κ2) is 14.3. The van der Waals surface area contributed by atoms with Crippen LogP contribution in [0.25, 0.3) is 11.1 Å². The Balaban J connectivity index is 0.805. The molecule has 9 heteroatoms. The molecule has 4 aliphatic rings. The molecule has 2 N–H and O–H groups in total. The highest BCUT2D eigenvalue weighted by molar-refractivity contribution is 6.05. The number of anilines is 1. The minimum absolute atomic E-state index is 0.157. The first-order chi connectivity index (χ1) is 26.4. The number of fused-ring (bicyclic) bond motifs is 2. The Hall–Kier alpha value is -5.70. The summed E-state index contributed by atoms with van der Waals surface area (Å²) in [5.74, 6) is 0.797. The molecule has 0 radical (unpaired) electrons. The minimum atomic E-state index is -0.614. The lowest BCUT2D eigenvalue weighted by Gasteiger charge is -2.36. The van der Waals surface area contributed by atoms with E-state index in [2.05, 4.69) is 82.2 Å². The van der Waals surface area contributed by atoms with Gasteiger partial charge in [-0.05, 0) is 120 Å². The van der Waals surface area contributed by atoms with Crippen molar-refractivity contribution in [1.29, 1.82) is 0 Å². The molecule has 274 valence electrons. The smallest absolute Gasteiger partial charge is 0.255 e. The van der Waals surface area contributed by atoms with Crippen LogP contribution in [0, 0.1) is 5.92 Å². The van der Waals surface area contributed by atoms with Crippen LogP contribution < -0.4 is 10.2 Å². The number of hydrogen-bond donors (Lipinski definition) is 2. The Kier molecular flexibility index (Phi) is 9.01. The van der Waals surface area contributed by atoms with Gasteiger partial charge < -0.3 is 14.9 Å². The number of nitrogens with zero attached hydrogens (tertiary/aromatic N) is 4. The van der Waals surface area contributed by atoms with Gasteiger partial charge >= 0.3 is 0 Å². The van der Waals surface area contributed by atoms with Crippen LogP contribution >= 0.6 is 0 Å². The predicted octanol–water partition coefficient (Wildman–Crippen LogP) is 7.19. The molecule has 1 aromatic heterocycles. The average Bonchev–Trinajstić information content (AvgIpc) is 3.81. The molecule has 0 saturated carbocycles. The molecule has 9 rings (SSSR count). The molecule has 4 aromatic carbocycles. The molecule has 4 heterocycles. The Bertz CT molecular complexity index is 2200. The third kappa shape index (κ3) is 6.57. The van der Waals surface area contributed by atoms with Crippen LogP contribution in [0.5, 0.6) is 5.75 Å². The summed E-state index contributed by atoms with van der Waals surface area (Å²) in [4.78, 5) is 41.3. The summed E-state index contributed by atoms with van der Waals surface area (Å²) in [6.07, 6.45) is 9.98. The van der Waals surface area contributed by atoms with E-state index >= 15 is 0 Å². The zero-order chi connectivity index (χ0) is 36.8. The number of benzene rings is 4. The van der Waals surface area contributed by atoms with Crippen molar-refractivity contribution >= 4 is 23.4 Å². The van der Waals surface area contributed by atoms with Crippen LogP contribution in [0.15, 0.2) is 103 Å². The Morgan fingerprint density at radius 2 is 1.59 bits per heavy atom. The molecule has 3 aliphatic heterocycles. The Morgan fingerprint density at radius 1 is 0.778 bits per heavy atom. The van der Waals surface area contributed by atoms with Crippen molar-refractivity contribution in [2.45, 2.75) is 75.9 Å². The molecule has 1 aliphatic carbocycles. The fraction of sp³-hybridized carbons (Fsp3) is 0.333. The van der Waals surface area contributed by atoms with Gasteiger partial charge in [-0.1, -0.05) is 54.6 Å². The van der Waals surface area contributed by atoms with E-state index in [1.807, 2.05) is 41.2 Å². The summed E-state index contributed by atoms with van der Waals surface area (Å²) in [5, 5.41) is 17.3. The average molecular weight is 720 g/mol. The van der Waals surface area contributed by atoms with Gasteiger partial charge in [0.1, 0.15) is 11.8 Å². The van der Waals surface area contributed by atoms with E-state index in [1.54, 1.807) is 4.90 Å². The number of aromatic nitrogens is 2. The van der Waals surface area contributed by atoms with Crippen molar-refractivity contribution in [2.75, 3.05) is 18.0 Å². The molecule has 9 nitrogen and oxygen atoms in total. The summed E-state index contributed by atoms with van der Waals surface area (Å²) in [5.41, 5.74) is 10.1. The van der Waals surface area contributed by atoms with Gasteiger partial charge in [0.25, 0.3) is 5.91 Å². The quantitative estimate of drug-likeness (QED) is 0.165. The lowest BCUT2D eigenvalue weighted by Crippen LogP contribution is -2.52. The number of phenolic OH excluding ortho intramolecular Hbond substituents is 1. The van der Waals surface area contributed by atoms with Gasteiger partial charge in [0, 0.05) is 61.5 Å². The summed E-state index contributed by atoms with van der Waals surface area (Å²) in [6.45, 7) is 3.29. The second-order valence-corrected chi connectivity index (χ2v) is 15.5. The fourth-order valence-corrected chi connectivity index (χ4v) is 9.35. The monoisotopic (exact) mass is 719 g/mol. The van der Waals surface area contributed by atoms with Gasteiger partial charge in [-0.15, -0.1) is 0 Å². The molecular formula is C45H45N5O4. The van der Waals surface area contributed by atoms with Gasteiger partial charge in [0.2, 0.25) is 11.8 Å². The van der Waals surface area contributed by atoms with Crippen LogP contribution in [-0.4, -0.2) is 56.6 Å². The number of carbonyl (C=O) groups excluding carboxylic acids is 3. The van der Waals surface area contributed by atoms with Gasteiger partial charge in [-0.2, -0.15) is 5.10 Å². The molecule has 3 amide bonds. The number of phenols is 1. The third-order valence-corrected chi connectivity index (χ3v) is 12.3. The first-order valence-corrected chi connectivity index (χ1v) is 19.4. The number of carbonyl (C=O) groups is 3. The van der Waals surface area contributed by atoms with E-state index < -0.39 is 11.9 Å². The van der Waals surface area contributed by atoms with Crippen molar-refractivity contribution in [3.8, 4) is 16.9 Å². The van der Waals surface area contributed by atoms with Crippen molar-refractivity contribution in [1.82, 2.24) is 20.0 Å². The van der Waals surface area contributed by atoms with Gasteiger partial charge in [-0.25, -0.2) is 0 Å². The maximum atomic E-state index is 13.1. The number of hydrogen-bond acceptors (Lipinski definition) is 6. The number of piperidine rings is 2. The van der Waals surface area contributed by atoms with Crippen LogP contribution in [-0.2, 0) is 29.1 Å². The van der Waals surface area contributed by atoms with Crippen LogP contribution in [0.4, 0.5) is 5.69 Å². The highest BCUT2D eigenvalue weighted by Crippen LogP contribution is 2.47.